The van der Waals surface area contributed by atoms with E-state index in [4.69, 9.17) is 0 Å². The minimum absolute atomic E-state index is 0.359. The standard InChI is InChI=1S/C24H30N4S/c1-5-16-7-9-17(10-8-16)14-27-28-22-21-19-13-18(24(3,4)6-2)11-12-20(19)29-23(21)26-15-25-22/h7-10,14-15,18H,5-6,11-13H2,1-4H3,(H,25,26,28). The van der Waals surface area contributed by atoms with Crippen LogP contribution in [-0.2, 0) is 19.3 Å². The molecule has 29 heavy (non-hydrogen) atoms. The summed E-state index contributed by atoms with van der Waals surface area (Å²) in [6, 6.07) is 8.50. The molecule has 0 saturated carbocycles. The summed E-state index contributed by atoms with van der Waals surface area (Å²) in [5, 5.41) is 5.64. The summed E-state index contributed by atoms with van der Waals surface area (Å²) in [4.78, 5) is 11.6. The average Bonchev–Trinajstić information content (AvgIpc) is 3.13. The van der Waals surface area contributed by atoms with Gasteiger partial charge in [-0.2, -0.15) is 5.10 Å². The Kier molecular flexibility index (Phi) is 5.68. The molecule has 3 aromatic rings. The third-order valence-corrected chi connectivity index (χ3v) is 7.83. The van der Waals surface area contributed by atoms with Crippen molar-refractivity contribution < 1.29 is 0 Å². The van der Waals surface area contributed by atoms with Crippen molar-refractivity contribution in [3.05, 3.63) is 52.2 Å². The topological polar surface area (TPSA) is 50.2 Å². The number of thiophene rings is 1. The fraction of sp³-hybridized carbons (Fsp3) is 0.458. The molecule has 2 aromatic heterocycles. The summed E-state index contributed by atoms with van der Waals surface area (Å²) in [7, 11) is 0. The summed E-state index contributed by atoms with van der Waals surface area (Å²) in [5.41, 5.74) is 7.41. The van der Waals surface area contributed by atoms with Crippen molar-refractivity contribution in [1.82, 2.24) is 9.97 Å². The van der Waals surface area contributed by atoms with Gasteiger partial charge in [0.1, 0.15) is 11.2 Å². The smallest absolute Gasteiger partial charge is 0.158 e. The molecule has 2 heterocycles. The maximum atomic E-state index is 4.56. The van der Waals surface area contributed by atoms with Gasteiger partial charge in [0.2, 0.25) is 0 Å². The Labute approximate surface area is 177 Å². The highest BCUT2D eigenvalue weighted by molar-refractivity contribution is 7.19. The molecule has 0 aliphatic heterocycles. The van der Waals surface area contributed by atoms with Crippen LogP contribution in [0.25, 0.3) is 10.2 Å². The van der Waals surface area contributed by atoms with E-state index in [2.05, 4.69) is 72.5 Å². The number of nitrogens with zero attached hydrogens (tertiary/aromatic N) is 3. The predicted octanol–water partition coefficient (Wildman–Crippen LogP) is 6.24. The van der Waals surface area contributed by atoms with E-state index in [0.717, 1.165) is 35.5 Å². The van der Waals surface area contributed by atoms with Crippen molar-refractivity contribution in [2.24, 2.45) is 16.4 Å². The molecule has 0 radical (unpaired) electrons. The van der Waals surface area contributed by atoms with Crippen molar-refractivity contribution in [3.8, 4) is 0 Å². The zero-order valence-electron chi connectivity index (χ0n) is 17.8. The number of fused-ring (bicyclic) bond motifs is 3. The molecule has 1 aromatic carbocycles. The number of benzene rings is 1. The highest BCUT2D eigenvalue weighted by Crippen LogP contribution is 2.45. The Hall–Kier alpha value is -2.27. The van der Waals surface area contributed by atoms with Gasteiger partial charge in [-0.3, -0.25) is 5.43 Å². The van der Waals surface area contributed by atoms with Crippen LogP contribution in [0.15, 0.2) is 35.7 Å². The second kappa shape index (κ2) is 8.23. The largest absolute Gasteiger partial charge is 0.261 e. The Bertz CT molecular complexity index is 1020. The highest BCUT2D eigenvalue weighted by atomic mass is 32.1. The van der Waals surface area contributed by atoms with Crippen LogP contribution in [0.3, 0.4) is 0 Å². The van der Waals surface area contributed by atoms with Crippen molar-refractivity contribution in [2.45, 2.75) is 59.8 Å². The Morgan fingerprint density at radius 1 is 1.21 bits per heavy atom. The molecule has 0 bridgehead atoms. The van der Waals surface area contributed by atoms with Gasteiger partial charge in [0.25, 0.3) is 0 Å². The van der Waals surface area contributed by atoms with Crippen molar-refractivity contribution >= 4 is 33.6 Å². The van der Waals surface area contributed by atoms with Gasteiger partial charge >= 0.3 is 0 Å². The maximum absolute atomic E-state index is 4.56. The van der Waals surface area contributed by atoms with Gasteiger partial charge in [0.15, 0.2) is 5.82 Å². The number of aryl methyl sites for hydroxylation is 2. The van der Waals surface area contributed by atoms with Crippen LogP contribution in [0, 0.1) is 11.3 Å². The van der Waals surface area contributed by atoms with Crippen molar-refractivity contribution in [1.29, 1.82) is 0 Å². The maximum Gasteiger partial charge on any atom is 0.158 e. The third kappa shape index (κ3) is 4.06. The quantitative estimate of drug-likeness (QED) is 0.389. The summed E-state index contributed by atoms with van der Waals surface area (Å²) < 4.78 is 0. The van der Waals surface area contributed by atoms with Gasteiger partial charge in [-0.1, -0.05) is 58.4 Å². The molecule has 0 spiro atoms. The van der Waals surface area contributed by atoms with E-state index >= 15 is 0 Å². The lowest BCUT2D eigenvalue weighted by Gasteiger charge is -2.36. The first kappa shape index (κ1) is 20.0. The summed E-state index contributed by atoms with van der Waals surface area (Å²) >= 11 is 1.83. The van der Waals surface area contributed by atoms with Crippen LogP contribution in [0.4, 0.5) is 5.82 Å². The number of aromatic nitrogens is 2. The first-order valence-corrected chi connectivity index (χ1v) is 11.5. The molecular formula is C24H30N4S. The highest BCUT2D eigenvalue weighted by Gasteiger charge is 2.33. The lowest BCUT2D eigenvalue weighted by Crippen LogP contribution is -2.28. The second-order valence-corrected chi connectivity index (χ2v) is 9.74. The Balaban J connectivity index is 1.60. The number of rotatable bonds is 6. The second-order valence-electron chi connectivity index (χ2n) is 8.65. The predicted molar refractivity (Wildman–Crippen MR) is 124 cm³/mol. The molecule has 4 nitrogen and oxygen atoms in total. The zero-order chi connectivity index (χ0) is 20.4. The van der Waals surface area contributed by atoms with Crippen LogP contribution in [0.5, 0.6) is 0 Å². The first-order chi connectivity index (χ1) is 14.0. The van der Waals surface area contributed by atoms with Crippen LogP contribution < -0.4 is 5.43 Å². The Morgan fingerprint density at radius 2 is 2.00 bits per heavy atom. The number of anilines is 1. The molecule has 0 amide bonds. The van der Waals surface area contributed by atoms with Gasteiger partial charge in [-0.25, -0.2) is 9.97 Å². The minimum atomic E-state index is 0.359. The van der Waals surface area contributed by atoms with Gasteiger partial charge < -0.3 is 0 Å². The average molecular weight is 407 g/mol. The first-order valence-electron chi connectivity index (χ1n) is 10.6. The zero-order valence-corrected chi connectivity index (χ0v) is 18.6. The molecular weight excluding hydrogens is 376 g/mol. The van der Waals surface area contributed by atoms with Crippen molar-refractivity contribution in [2.75, 3.05) is 5.43 Å². The van der Waals surface area contributed by atoms with E-state index in [1.54, 1.807) is 6.33 Å². The lowest BCUT2D eigenvalue weighted by molar-refractivity contribution is 0.184. The number of hydrogen-bond acceptors (Lipinski definition) is 5. The van der Waals surface area contributed by atoms with E-state index < -0.39 is 0 Å². The van der Waals surface area contributed by atoms with Gasteiger partial charge in [-0.05, 0) is 53.7 Å². The third-order valence-electron chi connectivity index (χ3n) is 6.63. The van der Waals surface area contributed by atoms with Crippen LogP contribution in [0.2, 0.25) is 0 Å². The fourth-order valence-corrected chi connectivity index (χ4v) is 5.34. The molecule has 152 valence electrons. The van der Waals surface area contributed by atoms with Crippen LogP contribution in [0.1, 0.15) is 62.1 Å². The number of hydrogen-bond donors (Lipinski definition) is 1. The van der Waals surface area contributed by atoms with E-state index in [1.165, 1.54) is 34.2 Å². The van der Waals surface area contributed by atoms with E-state index in [0.29, 0.717) is 11.3 Å². The normalized spacial score (nSPS) is 17.0. The van der Waals surface area contributed by atoms with Gasteiger partial charge in [-0.15, -0.1) is 11.3 Å². The molecule has 4 rings (SSSR count). The van der Waals surface area contributed by atoms with E-state index in [1.807, 2.05) is 17.6 Å². The van der Waals surface area contributed by atoms with Gasteiger partial charge in [0.05, 0.1) is 11.6 Å². The molecule has 1 aliphatic carbocycles. The molecule has 1 unspecified atom stereocenters. The minimum Gasteiger partial charge on any atom is -0.261 e. The monoisotopic (exact) mass is 406 g/mol. The molecule has 0 fully saturated rings. The molecule has 1 aliphatic rings. The summed E-state index contributed by atoms with van der Waals surface area (Å²) in [6.45, 7) is 9.28. The molecule has 1 N–H and O–H groups in total. The van der Waals surface area contributed by atoms with Crippen LogP contribution >= 0.6 is 11.3 Å². The molecule has 1 atom stereocenters. The molecule has 5 heteroatoms. The Morgan fingerprint density at radius 3 is 2.72 bits per heavy atom. The fourth-order valence-electron chi connectivity index (χ4n) is 4.16. The van der Waals surface area contributed by atoms with Gasteiger partial charge in [0, 0.05) is 4.88 Å². The van der Waals surface area contributed by atoms with E-state index in [-0.39, 0.29) is 0 Å². The van der Waals surface area contributed by atoms with E-state index in [9.17, 15) is 0 Å². The molecule has 0 saturated heterocycles. The lowest BCUT2D eigenvalue weighted by atomic mass is 9.69. The number of nitrogens with one attached hydrogen (secondary N) is 1. The number of hydrazone groups is 1. The SMILES string of the molecule is CCc1ccc(C=NNc2ncnc3sc4c(c23)CC(C(C)(C)CC)CC4)cc1. The van der Waals surface area contributed by atoms with Crippen LogP contribution in [-0.4, -0.2) is 16.2 Å². The summed E-state index contributed by atoms with van der Waals surface area (Å²) in [5.74, 6) is 1.52. The van der Waals surface area contributed by atoms with Crippen molar-refractivity contribution in [3.63, 3.8) is 0 Å². The summed E-state index contributed by atoms with van der Waals surface area (Å²) in [6.07, 6.45) is 9.28.